The minimum absolute atomic E-state index is 0.292. The van der Waals surface area contributed by atoms with Gasteiger partial charge in [0.05, 0.1) is 0 Å². The Morgan fingerprint density at radius 2 is 2.33 bits per heavy atom. The van der Waals surface area contributed by atoms with Gasteiger partial charge in [-0.1, -0.05) is 0 Å². The number of hydrogen-bond donors (Lipinski definition) is 2. The second-order valence-electron chi connectivity index (χ2n) is 3.98. The fraction of sp³-hybridized carbons (Fsp3) is 1.00. The van der Waals surface area contributed by atoms with E-state index in [1.165, 1.54) is 30.8 Å². The summed E-state index contributed by atoms with van der Waals surface area (Å²) in [5, 5.41) is 12.7. The minimum Gasteiger partial charge on any atom is -0.396 e. The molecule has 0 spiro atoms. The van der Waals surface area contributed by atoms with Crippen LogP contribution in [0, 0.1) is 0 Å². The number of aliphatic hydroxyl groups excluding tert-OH is 1. The molecule has 1 aliphatic heterocycles. The molecule has 1 unspecified atom stereocenters. The van der Waals surface area contributed by atoms with Gasteiger partial charge in [-0.2, -0.15) is 11.8 Å². The maximum atomic E-state index is 8.98. The molecule has 1 aliphatic carbocycles. The number of nitrogens with one attached hydrogen (secondary N) is 1. The van der Waals surface area contributed by atoms with Gasteiger partial charge in [-0.05, 0) is 31.4 Å². The molecule has 0 aromatic carbocycles. The third kappa shape index (κ3) is 1.95. The van der Waals surface area contributed by atoms with Crippen LogP contribution in [0.3, 0.4) is 0 Å². The first-order valence-corrected chi connectivity index (χ1v) is 5.96. The molecule has 1 heterocycles. The van der Waals surface area contributed by atoms with Crippen molar-refractivity contribution in [1.82, 2.24) is 5.32 Å². The molecule has 1 saturated carbocycles. The van der Waals surface area contributed by atoms with Crippen LogP contribution in [0.15, 0.2) is 0 Å². The van der Waals surface area contributed by atoms with Gasteiger partial charge >= 0.3 is 0 Å². The van der Waals surface area contributed by atoms with Crippen molar-refractivity contribution in [2.75, 3.05) is 18.1 Å². The summed E-state index contributed by atoms with van der Waals surface area (Å²) in [6.07, 6.45) is 4.88. The van der Waals surface area contributed by atoms with Crippen molar-refractivity contribution >= 4 is 11.8 Å². The largest absolute Gasteiger partial charge is 0.396 e. The standard InChI is InChI=1S/C9H17NOS/c11-5-3-9(4-6-12-7-9)10-8-1-2-8/h8,10-11H,1-7H2. The van der Waals surface area contributed by atoms with E-state index in [-0.39, 0.29) is 0 Å². The zero-order valence-electron chi connectivity index (χ0n) is 7.38. The lowest BCUT2D eigenvalue weighted by Gasteiger charge is -2.29. The third-order valence-electron chi connectivity index (χ3n) is 2.78. The average Bonchev–Trinajstić information content (AvgIpc) is 2.72. The van der Waals surface area contributed by atoms with Gasteiger partial charge < -0.3 is 10.4 Å². The van der Waals surface area contributed by atoms with Gasteiger partial charge in [0.15, 0.2) is 0 Å². The summed E-state index contributed by atoms with van der Waals surface area (Å²) in [7, 11) is 0. The van der Waals surface area contributed by atoms with E-state index in [0.717, 1.165) is 12.5 Å². The molecule has 12 heavy (non-hydrogen) atoms. The van der Waals surface area contributed by atoms with Gasteiger partial charge in [0.25, 0.3) is 0 Å². The highest BCUT2D eigenvalue weighted by Gasteiger charge is 2.38. The lowest BCUT2D eigenvalue weighted by atomic mass is 9.95. The van der Waals surface area contributed by atoms with Crippen LogP contribution >= 0.6 is 11.8 Å². The summed E-state index contributed by atoms with van der Waals surface area (Å²) in [6.45, 7) is 0.334. The summed E-state index contributed by atoms with van der Waals surface area (Å²) in [5.74, 6) is 2.46. The van der Waals surface area contributed by atoms with Crippen molar-refractivity contribution in [3.8, 4) is 0 Å². The van der Waals surface area contributed by atoms with Gasteiger partial charge in [-0.3, -0.25) is 0 Å². The van der Waals surface area contributed by atoms with E-state index < -0.39 is 0 Å². The molecule has 0 aromatic rings. The monoisotopic (exact) mass is 187 g/mol. The van der Waals surface area contributed by atoms with Crippen LogP contribution in [-0.2, 0) is 0 Å². The first-order valence-electron chi connectivity index (χ1n) is 4.81. The predicted octanol–water partition coefficient (Wildman–Crippen LogP) is 0.996. The molecule has 1 saturated heterocycles. The molecule has 1 atom stereocenters. The van der Waals surface area contributed by atoms with Gasteiger partial charge in [0.2, 0.25) is 0 Å². The number of aliphatic hydroxyl groups is 1. The van der Waals surface area contributed by atoms with E-state index >= 15 is 0 Å². The first-order chi connectivity index (χ1) is 5.85. The van der Waals surface area contributed by atoms with Crippen LogP contribution < -0.4 is 5.32 Å². The minimum atomic E-state index is 0.292. The molecule has 0 bridgehead atoms. The zero-order chi connectivity index (χ0) is 8.44. The highest BCUT2D eigenvalue weighted by Crippen LogP contribution is 2.34. The molecule has 70 valence electrons. The molecular formula is C9H17NOS. The molecule has 2 fully saturated rings. The van der Waals surface area contributed by atoms with Crippen molar-refractivity contribution in [1.29, 1.82) is 0 Å². The van der Waals surface area contributed by atoms with Crippen molar-refractivity contribution in [2.45, 2.75) is 37.3 Å². The van der Waals surface area contributed by atoms with Crippen LogP contribution in [-0.4, -0.2) is 34.8 Å². The molecule has 2 nitrogen and oxygen atoms in total. The van der Waals surface area contributed by atoms with Gasteiger partial charge in [-0.25, -0.2) is 0 Å². The normalized spacial score (nSPS) is 35.8. The smallest absolute Gasteiger partial charge is 0.0448 e. The van der Waals surface area contributed by atoms with E-state index in [2.05, 4.69) is 5.32 Å². The molecule has 2 aliphatic rings. The van der Waals surface area contributed by atoms with Crippen LogP contribution in [0.2, 0.25) is 0 Å². The van der Waals surface area contributed by atoms with Gasteiger partial charge in [-0.15, -0.1) is 0 Å². The first kappa shape index (κ1) is 8.85. The Labute approximate surface area is 78.1 Å². The summed E-state index contributed by atoms with van der Waals surface area (Å²) < 4.78 is 0. The SMILES string of the molecule is OCCC1(NC2CC2)CCSC1. The third-order valence-corrected chi connectivity index (χ3v) is 4.03. The molecule has 0 radical (unpaired) electrons. The maximum Gasteiger partial charge on any atom is 0.0448 e. The van der Waals surface area contributed by atoms with Crippen LogP contribution in [0.1, 0.15) is 25.7 Å². The van der Waals surface area contributed by atoms with Gasteiger partial charge in [0, 0.05) is 23.9 Å². The topological polar surface area (TPSA) is 32.3 Å². The number of hydrogen-bond acceptors (Lipinski definition) is 3. The fourth-order valence-corrected chi connectivity index (χ4v) is 3.31. The Morgan fingerprint density at radius 3 is 2.83 bits per heavy atom. The summed E-state index contributed by atoms with van der Waals surface area (Å²) in [4.78, 5) is 0. The number of thioether (sulfide) groups is 1. The van der Waals surface area contributed by atoms with Crippen molar-refractivity contribution in [2.24, 2.45) is 0 Å². The van der Waals surface area contributed by atoms with E-state index in [9.17, 15) is 0 Å². The molecule has 0 amide bonds. The maximum absolute atomic E-state index is 8.98. The Bertz CT molecular complexity index is 153. The van der Waals surface area contributed by atoms with Crippen LogP contribution in [0.4, 0.5) is 0 Å². The van der Waals surface area contributed by atoms with E-state index in [1.54, 1.807) is 0 Å². The highest BCUT2D eigenvalue weighted by molar-refractivity contribution is 7.99. The Balaban J connectivity index is 1.89. The lowest BCUT2D eigenvalue weighted by Crippen LogP contribution is -2.47. The summed E-state index contributed by atoms with van der Waals surface area (Å²) >= 11 is 2.02. The van der Waals surface area contributed by atoms with Gasteiger partial charge in [0.1, 0.15) is 0 Å². The summed E-state index contributed by atoms with van der Waals surface area (Å²) in [5.41, 5.74) is 0.292. The van der Waals surface area contributed by atoms with E-state index in [1.807, 2.05) is 11.8 Å². The van der Waals surface area contributed by atoms with Crippen molar-refractivity contribution < 1.29 is 5.11 Å². The molecule has 0 aromatic heterocycles. The van der Waals surface area contributed by atoms with E-state index in [0.29, 0.717) is 12.1 Å². The molecule has 3 heteroatoms. The highest BCUT2D eigenvalue weighted by atomic mass is 32.2. The van der Waals surface area contributed by atoms with Crippen molar-refractivity contribution in [3.63, 3.8) is 0 Å². The Morgan fingerprint density at radius 1 is 1.50 bits per heavy atom. The Hall–Kier alpha value is 0.270. The van der Waals surface area contributed by atoms with Crippen LogP contribution in [0.5, 0.6) is 0 Å². The Kier molecular flexibility index (Phi) is 2.63. The quantitative estimate of drug-likeness (QED) is 0.688. The van der Waals surface area contributed by atoms with Crippen LogP contribution in [0.25, 0.3) is 0 Å². The zero-order valence-corrected chi connectivity index (χ0v) is 8.20. The number of rotatable bonds is 4. The van der Waals surface area contributed by atoms with Crippen molar-refractivity contribution in [3.05, 3.63) is 0 Å². The lowest BCUT2D eigenvalue weighted by molar-refractivity contribution is 0.222. The second-order valence-corrected chi connectivity index (χ2v) is 5.08. The predicted molar refractivity (Wildman–Crippen MR) is 52.5 cm³/mol. The molecule has 2 N–H and O–H groups in total. The molecular weight excluding hydrogens is 170 g/mol. The fourth-order valence-electron chi connectivity index (χ4n) is 1.87. The van der Waals surface area contributed by atoms with E-state index in [4.69, 9.17) is 5.11 Å². The molecule has 2 rings (SSSR count). The summed E-state index contributed by atoms with van der Waals surface area (Å²) in [6, 6.07) is 0.773. The average molecular weight is 187 g/mol. The second kappa shape index (κ2) is 3.56.